The normalized spacial score (nSPS) is 23.7. The molecule has 0 spiro atoms. The molecule has 7 heteroatoms. The largest absolute Gasteiger partial charge is 0.355 e. The minimum Gasteiger partial charge on any atom is -0.355 e. The second-order valence-electron chi connectivity index (χ2n) is 4.90. The maximum atomic E-state index is 11.8. The van der Waals surface area contributed by atoms with Gasteiger partial charge in [-0.1, -0.05) is 0 Å². The minimum atomic E-state index is -0.748. The third-order valence-corrected chi connectivity index (χ3v) is 3.14. The molecule has 0 heterocycles. The minimum absolute atomic E-state index is 0.0289. The number of carbonyl (C=O) groups excluding carboxylic acids is 1. The zero-order valence-electron chi connectivity index (χ0n) is 10.9. The molecule has 0 atom stereocenters. The fraction of sp³-hybridized carbons (Fsp3) is 0.909. The summed E-state index contributed by atoms with van der Waals surface area (Å²) in [6, 6.07) is 0. The summed E-state index contributed by atoms with van der Waals surface area (Å²) in [6.07, 6.45) is 2.13. The molecule has 1 N–H and O–H groups in total. The van der Waals surface area contributed by atoms with Crippen molar-refractivity contribution in [1.29, 1.82) is 0 Å². The molecule has 0 unspecified atom stereocenters. The highest BCUT2D eigenvalue weighted by Gasteiger charge is 2.27. The summed E-state index contributed by atoms with van der Waals surface area (Å²) in [5.41, 5.74) is 0. The van der Waals surface area contributed by atoms with Gasteiger partial charge in [-0.15, -0.1) is 10.1 Å². The smallest absolute Gasteiger partial charge is 0.294 e. The first-order chi connectivity index (χ1) is 8.49. The Morgan fingerprint density at radius 1 is 1.39 bits per heavy atom. The van der Waals surface area contributed by atoms with E-state index in [2.05, 4.69) is 10.2 Å². The van der Waals surface area contributed by atoms with Crippen molar-refractivity contribution in [1.82, 2.24) is 10.2 Å². The van der Waals surface area contributed by atoms with Crippen molar-refractivity contribution >= 4 is 5.91 Å². The van der Waals surface area contributed by atoms with Crippen LogP contribution in [0.2, 0.25) is 0 Å². The lowest BCUT2D eigenvalue weighted by Crippen LogP contribution is -2.38. The first-order valence-electron chi connectivity index (χ1n) is 6.22. The van der Waals surface area contributed by atoms with Crippen molar-refractivity contribution in [2.75, 3.05) is 27.2 Å². The first-order valence-corrected chi connectivity index (χ1v) is 6.22. The average molecular weight is 259 g/mol. The van der Waals surface area contributed by atoms with Crippen LogP contribution in [0.4, 0.5) is 0 Å². The van der Waals surface area contributed by atoms with Crippen LogP contribution in [0.25, 0.3) is 0 Å². The highest BCUT2D eigenvalue weighted by Crippen LogP contribution is 2.26. The molecule has 0 aliphatic heterocycles. The summed E-state index contributed by atoms with van der Waals surface area (Å²) in [5.74, 6) is 0.0233. The molecule has 1 amide bonds. The average Bonchev–Trinajstić information content (AvgIpc) is 2.28. The number of rotatable bonds is 6. The van der Waals surface area contributed by atoms with Gasteiger partial charge < -0.3 is 15.1 Å². The Morgan fingerprint density at radius 3 is 2.50 bits per heavy atom. The molecule has 1 aliphatic rings. The Kier molecular flexibility index (Phi) is 5.84. The van der Waals surface area contributed by atoms with E-state index in [0.29, 0.717) is 32.2 Å². The van der Waals surface area contributed by atoms with Gasteiger partial charge in [0, 0.05) is 19.0 Å². The Hall–Kier alpha value is -1.37. The highest BCUT2D eigenvalue weighted by atomic mass is 17.0. The van der Waals surface area contributed by atoms with Gasteiger partial charge in [0.1, 0.15) is 6.10 Å². The van der Waals surface area contributed by atoms with E-state index in [-0.39, 0.29) is 17.9 Å². The molecule has 7 nitrogen and oxygen atoms in total. The summed E-state index contributed by atoms with van der Waals surface area (Å²) in [5, 5.41) is 12.3. The van der Waals surface area contributed by atoms with Crippen LogP contribution in [-0.4, -0.2) is 49.2 Å². The van der Waals surface area contributed by atoms with Crippen LogP contribution >= 0.6 is 0 Å². The number of nitrogens with one attached hydrogen (secondary N) is 1. The molecule has 18 heavy (non-hydrogen) atoms. The van der Waals surface area contributed by atoms with Gasteiger partial charge in [0.15, 0.2) is 0 Å². The Bertz CT molecular complexity index is 288. The maximum absolute atomic E-state index is 11.8. The lowest BCUT2D eigenvalue weighted by Gasteiger charge is -2.26. The van der Waals surface area contributed by atoms with Gasteiger partial charge in [-0.3, -0.25) is 4.79 Å². The Labute approximate surface area is 107 Å². The summed E-state index contributed by atoms with van der Waals surface area (Å²) in [4.78, 5) is 28.5. The van der Waals surface area contributed by atoms with Crippen LogP contribution in [0.15, 0.2) is 0 Å². The van der Waals surface area contributed by atoms with E-state index >= 15 is 0 Å². The van der Waals surface area contributed by atoms with Crippen molar-refractivity contribution in [2.24, 2.45) is 5.92 Å². The topological polar surface area (TPSA) is 84.7 Å². The number of hydrogen-bond acceptors (Lipinski definition) is 5. The van der Waals surface area contributed by atoms with E-state index in [4.69, 9.17) is 0 Å². The molecule has 1 aliphatic carbocycles. The molecule has 0 bridgehead atoms. The van der Waals surface area contributed by atoms with Crippen LogP contribution in [0.1, 0.15) is 25.7 Å². The van der Waals surface area contributed by atoms with Gasteiger partial charge in [0.2, 0.25) is 5.91 Å². The van der Waals surface area contributed by atoms with Crippen LogP contribution in [0.3, 0.4) is 0 Å². The quantitative estimate of drug-likeness (QED) is 0.552. The van der Waals surface area contributed by atoms with Crippen LogP contribution in [0, 0.1) is 16.0 Å². The predicted molar refractivity (Wildman–Crippen MR) is 65.4 cm³/mol. The fourth-order valence-corrected chi connectivity index (χ4v) is 2.10. The summed E-state index contributed by atoms with van der Waals surface area (Å²) >= 11 is 0. The molecular weight excluding hydrogens is 238 g/mol. The molecule has 1 fully saturated rings. The Balaban J connectivity index is 2.21. The van der Waals surface area contributed by atoms with E-state index in [0.717, 1.165) is 6.54 Å². The standard InChI is InChI=1S/C11H21N3O4/c1-13(2)8-7-12-11(15)9-3-5-10(6-4-9)18-14(16)17/h9-10H,3-8H2,1-2H3,(H,12,15). The van der Waals surface area contributed by atoms with Gasteiger partial charge >= 0.3 is 0 Å². The molecule has 1 rings (SSSR count). The van der Waals surface area contributed by atoms with E-state index in [1.165, 1.54) is 0 Å². The van der Waals surface area contributed by atoms with E-state index in [1.807, 2.05) is 19.0 Å². The highest BCUT2D eigenvalue weighted by molar-refractivity contribution is 5.78. The van der Waals surface area contributed by atoms with Crippen molar-refractivity contribution in [3.05, 3.63) is 10.1 Å². The maximum Gasteiger partial charge on any atom is 0.294 e. The van der Waals surface area contributed by atoms with Gasteiger partial charge in [0.25, 0.3) is 5.09 Å². The van der Waals surface area contributed by atoms with Crippen molar-refractivity contribution < 1.29 is 14.7 Å². The molecule has 0 radical (unpaired) electrons. The zero-order chi connectivity index (χ0) is 13.5. The fourth-order valence-electron chi connectivity index (χ4n) is 2.10. The van der Waals surface area contributed by atoms with Gasteiger partial charge in [-0.05, 0) is 39.8 Å². The molecular formula is C11H21N3O4. The molecule has 0 aromatic rings. The van der Waals surface area contributed by atoms with Crippen LogP contribution in [-0.2, 0) is 9.63 Å². The van der Waals surface area contributed by atoms with Crippen molar-refractivity contribution in [3.63, 3.8) is 0 Å². The summed E-state index contributed by atoms with van der Waals surface area (Å²) in [7, 11) is 3.90. The number of amides is 1. The molecule has 0 aromatic heterocycles. The molecule has 1 saturated carbocycles. The van der Waals surface area contributed by atoms with Crippen molar-refractivity contribution in [3.8, 4) is 0 Å². The summed E-state index contributed by atoms with van der Waals surface area (Å²) in [6.45, 7) is 1.45. The number of carbonyl (C=O) groups is 1. The second-order valence-corrected chi connectivity index (χ2v) is 4.90. The van der Waals surface area contributed by atoms with E-state index in [1.54, 1.807) is 0 Å². The SMILES string of the molecule is CN(C)CCNC(=O)C1CCC(O[N+](=O)[O-])CC1. The van der Waals surface area contributed by atoms with Gasteiger partial charge in [-0.2, -0.15) is 0 Å². The van der Waals surface area contributed by atoms with Crippen molar-refractivity contribution in [2.45, 2.75) is 31.8 Å². The third-order valence-electron chi connectivity index (χ3n) is 3.14. The number of likely N-dealkylation sites (N-methyl/N-ethyl adjacent to an activating group) is 1. The lowest BCUT2D eigenvalue weighted by atomic mass is 9.87. The van der Waals surface area contributed by atoms with E-state index < -0.39 is 5.09 Å². The van der Waals surface area contributed by atoms with Gasteiger partial charge in [0.05, 0.1) is 0 Å². The zero-order valence-corrected chi connectivity index (χ0v) is 10.9. The molecule has 0 saturated heterocycles. The molecule has 0 aromatic carbocycles. The Morgan fingerprint density at radius 2 is 2.00 bits per heavy atom. The van der Waals surface area contributed by atoms with Crippen LogP contribution in [0.5, 0.6) is 0 Å². The second kappa shape index (κ2) is 7.15. The van der Waals surface area contributed by atoms with E-state index in [9.17, 15) is 14.9 Å². The lowest BCUT2D eigenvalue weighted by molar-refractivity contribution is -0.769. The molecule has 104 valence electrons. The van der Waals surface area contributed by atoms with Gasteiger partial charge in [-0.25, -0.2) is 0 Å². The van der Waals surface area contributed by atoms with Crippen LogP contribution < -0.4 is 5.32 Å². The summed E-state index contributed by atoms with van der Waals surface area (Å²) < 4.78 is 0. The third kappa shape index (κ3) is 5.31. The number of nitrogens with zero attached hydrogens (tertiary/aromatic N) is 2. The predicted octanol–water partition coefficient (Wildman–Crippen LogP) is 0.431. The monoisotopic (exact) mass is 259 g/mol. The number of hydrogen-bond donors (Lipinski definition) is 1. The first kappa shape index (κ1) is 14.7.